The van der Waals surface area contributed by atoms with Gasteiger partial charge in [0, 0.05) is 10.7 Å². The molecule has 1 atom stereocenters. The summed E-state index contributed by atoms with van der Waals surface area (Å²) in [6.07, 6.45) is -0.679. The van der Waals surface area contributed by atoms with E-state index >= 15 is 0 Å². The van der Waals surface area contributed by atoms with Gasteiger partial charge in [0.2, 0.25) is 0 Å². The van der Waals surface area contributed by atoms with E-state index < -0.39 is 6.10 Å². The van der Waals surface area contributed by atoms with Crippen molar-refractivity contribution < 1.29 is 9.53 Å². The number of anilines is 1. The van der Waals surface area contributed by atoms with Gasteiger partial charge in [-0.15, -0.1) is 0 Å². The molecule has 1 aromatic heterocycles. The second-order valence-electron chi connectivity index (χ2n) is 6.06. The Hall–Kier alpha value is -2.79. The molecule has 1 heterocycles. The van der Waals surface area contributed by atoms with Crippen LogP contribution >= 0.6 is 11.6 Å². The van der Waals surface area contributed by atoms with Crippen molar-refractivity contribution in [3.63, 3.8) is 0 Å². The molecule has 26 heavy (non-hydrogen) atoms. The van der Waals surface area contributed by atoms with Crippen molar-refractivity contribution in [2.75, 3.05) is 5.32 Å². The normalized spacial score (nSPS) is 11.8. The van der Waals surface area contributed by atoms with E-state index in [1.54, 1.807) is 31.2 Å². The number of aromatic nitrogens is 2. The highest BCUT2D eigenvalue weighted by Gasteiger charge is 2.17. The highest BCUT2D eigenvalue weighted by atomic mass is 35.5. The molecular weight excluding hydrogens is 350 g/mol. The van der Waals surface area contributed by atoms with Crippen LogP contribution in [0.4, 0.5) is 5.69 Å². The van der Waals surface area contributed by atoms with Gasteiger partial charge in [0.05, 0.1) is 17.1 Å². The Morgan fingerprint density at radius 2 is 1.92 bits per heavy atom. The molecule has 1 N–H and O–H groups in total. The van der Waals surface area contributed by atoms with Crippen molar-refractivity contribution >= 4 is 23.2 Å². The molecule has 0 aliphatic rings. The van der Waals surface area contributed by atoms with Gasteiger partial charge in [-0.2, -0.15) is 5.10 Å². The zero-order chi connectivity index (χ0) is 18.7. The van der Waals surface area contributed by atoms with Crippen molar-refractivity contribution in [3.8, 4) is 11.4 Å². The van der Waals surface area contributed by atoms with Crippen LogP contribution in [0, 0.1) is 13.8 Å². The lowest BCUT2D eigenvalue weighted by Crippen LogP contribution is -2.30. The number of nitrogens with one attached hydrogen (secondary N) is 1. The lowest BCUT2D eigenvalue weighted by Gasteiger charge is -2.17. The third-order valence-corrected chi connectivity index (χ3v) is 4.11. The number of amides is 1. The molecule has 0 saturated heterocycles. The number of nitrogens with zero attached hydrogens (tertiary/aromatic N) is 2. The number of para-hydroxylation sites is 2. The van der Waals surface area contributed by atoms with Crippen LogP contribution in [-0.4, -0.2) is 21.8 Å². The molecule has 3 aromatic rings. The molecule has 0 spiro atoms. The van der Waals surface area contributed by atoms with Crippen LogP contribution < -0.4 is 10.1 Å². The van der Waals surface area contributed by atoms with E-state index in [0.29, 0.717) is 16.5 Å². The largest absolute Gasteiger partial charge is 0.481 e. The van der Waals surface area contributed by atoms with Crippen molar-refractivity contribution in [2.45, 2.75) is 26.9 Å². The predicted octanol–water partition coefficient (Wildman–Crippen LogP) is 4.55. The maximum atomic E-state index is 12.6. The van der Waals surface area contributed by atoms with Crippen molar-refractivity contribution in [2.24, 2.45) is 0 Å². The summed E-state index contributed by atoms with van der Waals surface area (Å²) in [6, 6.07) is 16.5. The summed E-state index contributed by atoms with van der Waals surface area (Å²) in [5.41, 5.74) is 3.39. The average molecular weight is 370 g/mol. The van der Waals surface area contributed by atoms with E-state index in [0.717, 1.165) is 17.1 Å². The fourth-order valence-electron chi connectivity index (χ4n) is 2.67. The van der Waals surface area contributed by atoms with Crippen LogP contribution in [0.15, 0.2) is 54.6 Å². The van der Waals surface area contributed by atoms with Gasteiger partial charge in [-0.3, -0.25) is 4.79 Å². The first-order chi connectivity index (χ1) is 12.4. The van der Waals surface area contributed by atoms with Crippen LogP contribution in [0.5, 0.6) is 5.75 Å². The summed E-state index contributed by atoms with van der Waals surface area (Å²) in [4.78, 5) is 12.6. The van der Waals surface area contributed by atoms with E-state index in [1.165, 1.54) is 0 Å². The third kappa shape index (κ3) is 4.06. The van der Waals surface area contributed by atoms with Crippen molar-refractivity contribution in [1.29, 1.82) is 0 Å². The summed E-state index contributed by atoms with van der Waals surface area (Å²) in [7, 11) is 0. The molecule has 0 fully saturated rings. The maximum absolute atomic E-state index is 12.6. The predicted molar refractivity (Wildman–Crippen MR) is 103 cm³/mol. The highest BCUT2D eigenvalue weighted by molar-refractivity contribution is 6.30. The fraction of sp³-hybridized carbons (Fsp3) is 0.200. The van der Waals surface area contributed by atoms with Gasteiger partial charge >= 0.3 is 0 Å². The monoisotopic (exact) mass is 369 g/mol. The van der Waals surface area contributed by atoms with Crippen molar-refractivity contribution in [1.82, 2.24) is 9.78 Å². The van der Waals surface area contributed by atoms with E-state index in [1.807, 2.05) is 48.9 Å². The molecular formula is C20H20ClN3O2. The van der Waals surface area contributed by atoms with Gasteiger partial charge in [-0.1, -0.05) is 29.8 Å². The number of carbonyl (C=O) groups is 1. The SMILES string of the molecule is Cc1cc(C)n(-c2ccccc2NC(=O)C(C)Oc2cccc(Cl)c2)n1. The lowest BCUT2D eigenvalue weighted by atomic mass is 10.2. The minimum absolute atomic E-state index is 0.251. The number of hydrogen-bond acceptors (Lipinski definition) is 3. The molecule has 0 aliphatic heterocycles. The standard InChI is InChI=1S/C20H20ClN3O2/c1-13-11-14(2)24(23-13)19-10-5-4-9-18(19)22-20(25)15(3)26-17-8-6-7-16(21)12-17/h4-12,15H,1-3H3,(H,22,25). The number of aryl methyl sites for hydroxylation is 2. The molecule has 3 rings (SSSR count). The minimum Gasteiger partial charge on any atom is -0.481 e. The first kappa shape index (κ1) is 18.0. The Kier molecular flexibility index (Phi) is 5.28. The smallest absolute Gasteiger partial charge is 0.265 e. The summed E-state index contributed by atoms with van der Waals surface area (Å²) in [5.74, 6) is 0.297. The Labute approximate surface area is 157 Å². The Balaban J connectivity index is 1.78. The van der Waals surface area contributed by atoms with Gasteiger partial charge in [0.15, 0.2) is 6.10 Å². The minimum atomic E-state index is -0.679. The lowest BCUT2D eigenvalue weighted by molar-refractivity contribution is -0.122. The molecule has 0 saturated carbocycles. The molecule has 2 aromatic carbocycles. The van der Waals surface area contributed by atoms with E-state index in [4.69, 9.17) is 16.3 Å². The summed E-state index contributed by atoms with van der Waals surface area (Å²) in [6.45, 7) is 5.61. The number of benzene rings is 2. The number of carbonyl (C=O) groups excluding carboxylic acids is 1. The molecule has 134 valence electrons. The molecule has 1 unspecified atom stereocenters. The van der Waals surface area contributed by atoms with Gasteiger partial charge in [-0.25, -0.2) is 4.68 Å². The van der Waals surface area contributed by atoms with Gasteiger partial charge in [0.1, 0.15) is 5.75 Å². The Bertz CT molecular complexity index is 936. The number of ether oxygens (including phenoxy) is 1. The average Bonchev–Trinajstić information content (AvgIpc) is 2.93. The number of hydrogen-bond donors (Lipinski definition) is 1. The van der Waals surface area contributed by atoms with E-state index in [-0.39, 0.29) is 5.91 Å². The van der Waals surface area contributed by atoms with E-state index in [2.05, 4.69) is 10.4 Å². The second kappa shape index (κ2) is 7.62. The van der Waals surface area contributed by atoms with Gasteiger partial charge in [0.25, 0.3) is 5.91 Å². The fourth-order valence-corrected chi connectivity index (χ4v) is 2.85. The topological polar surface area (TPSA) is 56.2 Å². The van der Waals surface area contributed by atoms with Gasteiger partial charge < -0.3 is 10.1 Å². The Morgan fingerprint density at radius 1 is 1.15 bits per heavy atom. The van der Waals surface area contributed by atoms with Crippen LogP contribution in [0.1, 0.15) is 18.3 Å². The Morgan fingerprint density at radius 3 is 2.62 bits per heavy atom. The molecule has 6 heteroatoms. The first-order valence-corrected chi connectivity index (χ1v) is 8.67. The number of halogens is 1. The zero-order valence-electron chi connectivity index (χ0n) is 14.9. The first-order valence-electron chi connectivity index (χ1n) is 8.30. The van der Waals surface area contributed by atoms with Crippen LogP contribution in [0.3, 0.4) is 0 Å². The zero-order valence-corrected chi connectivity index (χ0v) is 15.6. The van der Waals surface area contributed by atoms with Crippen LogP contribution in [-0.2, 0) is 4.79 Å². The van der Waals surface area contributed by atoms with Crippen LogP contribution in [0.2, 0.25) is 5.02 Å². The van der Waals surface area contributed by atoms with E-state index in [9.17, 15) is 4.79 Å². The molecule has 1 amide bonds. The molecule has 5 nitrogen and oxygen atoms in total. The maximum Gasteiger partial charge on any atom is 0.265 e. The highest BCUT2D eigenvalue weighted by Crippen LogP contribution is 2.23. The number of rotatable bonds is 5. The van der Waals surface area contributed by atoms with Gasteiger partial charge in [-0.05, 0) is 57.2 Å². The van der Waals surface area contributed by atoms with Crippen LogP contribution in [0.25, 0.3) is 5.69 Å². The van der Waals surface area contributed by atoms with Crippen molar-refractivity contribution in [3.05, 3.63) is 71.0 Å². The molecule has 0 bridgehead atoms. The molecule has 0 radical (unpaired) electrons. The quantitative estimate of drug-likeness (QED) is 0.717. The molecule has 0 aliphatic carbocycles. The summed E-state index contributed by atoms with van der Waals surface area (Å²) < 4.78 is 7.50. The second-order valence-corrected chi connectivity index (χ2v) is 6.50. The third-order valence-electron chi connectivity index (χ3n) is 3.88. The summed E-state index contributed by atoms with van der Waals surface area (Å²) in [5, 5.41) is 7.97. The summed E-state index contributed by atoms with van der Waals surface area (Å²) >= 11 is 5.95.